The first kappa shape index (κ1) is 11.2. The molecule has 4 nitrogen and oxygen atoms in total. The topological polar surface area (TPSA) is 54.2 Å². The molecule has 1 saturated heterocycles. The Kier molecular flexibility index (Phi) is 3.62. The zero-order valence-corrected chi connectivity index (χ0v) is 9.82. The Bertz CT molecular complexity index is 340. The molecule has 1 aliphatic heterocycles. The second-order valence-electron chi connectivity index (χ2n) is 4.61. The van der Waals surface area contributed by atoms with E-state index < -0.39 is 0 Å². The number of anilines is 2. The minimum atomic E-state index is 0.728. The van der Waals surface area contributed by atoms with Crippen LogP contribution in [0.5, 0.6) is 0 Å². The second kappa shape index (κ2) is 5.16. The molecule has 4 heteroatoms. The van der Waals surface area contributed by atoms with Gasteiger partial charge in [0.25, 0.3) is 0 Å². The Balaban J connectivity index is 1.85. The highest BCUT2D eigenvalue weighted by atomic mass is 15.1. The number of piperidine rings is 1. The predicted molar refractivity (Wildman–Crippen MR) is 67.4 cm³/mol. The summed E-state index contributed by atoms with van der Waals surface area (Å²) in [7, 11) is 2.19. The van der Waals surface area contributed by atoms with Gasteiger partial charge in [-0.3, -0.25) is 4.98 Å². The summed E-state index contributed by atoms with van der Waals surface area (Å²) in [6, 6.07) is 1.93. The van der Waals surface area contributed by atoms with E-state index in [9.17, 15) is 0 Å². The highest BCUT2D eigenvalue weighted by Gasteiger charge is 2.16. The van der Waals surface area contributed by atoms with Crippen LogP contribution in [0.4, 0.5) is 11.4 Å². The molecule has 0 aromatic carbocycles. The van der Waals surface area contributed by atoms with E-state index in [1.165, 1.54) is 25.9 Å². The molecule has 0 aliphatic carbocycles. The monoisotopic (exact) mass is 220 g/mol. The van der Waals surface area contributed by atoms with E-state index in [-0.39, 0.29) is 0 Å². The molecule has 0 amide bonds. The number of nitrogens with two attached hydrogens (primary N) is 1. The van der Waals surface area contributed by atoms with Crippen LogP contribution in [-0.4, -0.2) is 36.6 Å². The van der Waals surface area contributed by atoms with E-state index in [0.29, 0.717) is 0 Å². The summed E-state index contributed by atoms with van der Waals surface area (Å²) < 4.78 is 0. The number of rotatable bonds is 3. The number of likely N-dealkylation sites (tertiary alicyclic amines) is 1. The minimum absolute atomic E-state index is 0.728. The highest BCUT2D eigenvalue weighted by molar-refractivity contribution is 5.64. The fraction of sp³-hybridized carbons (Fsp3) is 0.583. The quantitative estimate of drug-likeness (QED) is 0.809. The van der Waals surface area contributed by atoms with Crippen molar-refractivity contribution >= 4 is 11.4 Å². The van der Waals surface area contributed by atoms with Crippen molar-refractivity contribution < 1.29 is 0 Å². The van der Waals surface area contributed by atoms with E-state index in [0.717, 1.165) is 23.8 Å². The third-order valence-electron chi connectivity index (χ3n) is 3.16. The van der Waals surface area contributed by atoms with Crippen molar-refractivity contribution in [2.75, 3.05) is 37.7 Å². The normalized spacial score (nSPS) is 21.9. The van der Waals surface area contributed by atoms with Gasteiger partial charge < -0.3 is 16.0 Å². The number of hydrogen-bond donors (Lipinski definition) is 2. The first-order valence-corrected chi connectivity index (χ1v) is 5.87. The molecular weight excluding hydrogens is 200 g/mol. The van der Waals surface area contributed by atoms with Gasteiger partial charge in [0.15, 0.2) is 0 Å². The van der Waals surface area contributed by atoms with Gasteiger partial charge in [0, 0.05) is 19.3 Å². The van der Waals surface area contributed by atoms with Crippen molar-refractivity contribution in [3.8, 4) is 0 Å². The molecule has 16 heavy (non-hydrogen) atoms. The first-order valence-electron chi connectivity index (χ1n) is 5.87. The lowest BCUT2D eigenvalue weighted by Gasteiger charge is -2.30. The van der Waals surface area contributed by atoms with Gasteiger partial charge in [-0.1, -0.05) is 0 Å². The Morgan fingerprint density at radius 3 is 3.25 bits per heavy atom. The summed E-state index contributed by atoms with van der Waals surface area (Å²) in [5, 5.41) is 3.41. The number of nitrogens with one attached hydrogen (secondary N) is 1. The summed E-state index contributed by atoms with van der Waals surface area (Å²) >= 11 is 0. The van der Waals surface area contributed by atoms with Crippen LogP contribution in [0.1, 0.15) is 12.8 Å². The van der Waals surface area contributed by atoms with Crippen LogP contribution in [0.15, 0.2) is 18.5 Å². The standard InChI is InChI=1S/C12H20N4/c1-16-6-2-3-10(9-16)7-15-12-4-5-14-8-11(12)13/h4-5,8,10H,2-3,6-7,9,13H2,1H3,(H,14,15). The van der Waals surface area contributed by atoms with Gasteiger partial charge in [0.05, 0.1) is 17.6 Å². The maximum absolute atomic E-state index is 5.83. The summed E-state index contributed by atoms with van der Waals surface area (Å²) in [4.78, 5) is 6.37. The Morgan fingerprint density at radius 1 is 1.62 bits per heavy atom. The van der Waals surface area contributed by atoms with E-state index in [1.807, 2.05) is 6.07 Å². The van der Waals surface area contributed by atoms with Gasteiger partial charge in [-0.15, -0.1) is 0 Å². The highest BCUT2D eigenvalue weighted by Crippen LogP contribution is 2.19. The van der Waals surface area contributed by atoms with Gasteiger partial charge in [-0.25, -0.2) is 0 Å². The van der Waals surface area contributed by atoms with Gasteiger partial charge in [0.2, 0.25) is 0 Å². The molecule has 3 N–H and O–H groups in total. The van der Waals surface area contributed by atoms with Crippen LogP contribution < -0.4 is 11.1 Å². The van der Waals surface area contributed by atoms with Crippen LogP contribution in [0.3, 0.4) is 0 Å². The average molecular weight is 220 g/mol. The summed E-state index contributed by atoms with van der Waals surface area (Å²) in [6.07, 6.45) is 6.07. The molecular formula is C12H20N4. The third kappa shape index (κ3) is 2.85. The molecule has 0 spiro atoms. The number of nitrogen functional groups attached to an aromatic ring is 1. The molecule has 1 aliphatic rings. The minimum Gasteiger partial charge on any atom is -0.396 e. The van der Waals surface area contributed by atoms with Crippen LogP contribution in [-0.2, 0) is 0 Å². The third-order valence-corrected chi connectivity index (χ3v) is 3.16. The maximum Gasteiger partial charge on any atom is 0.0736 e. The molecule has 0 bridgehead atoms. The van der Waals surface area contributed by atoms with Crippen LogP contribution >= 0.6 is 0 Å². The lowest BCUT2D eigenvalue weighted by molar-refractivity contribution is 0.217. The van der Waals surface area contributed by atoms with Gasteiger partial charge in [-0.2, -0.15) is 0 Å². The van der Waals surface area contributed by atoms with E-state index >= 15 is 0 Å². The van der Waals surface area contributed by atoms with Crippen molar-refractivity contribution in [2.45, 2.75) is 12.8 Å². The summed E-state index contributed by atoms with van der Waals surface area (Å²) in [5.41, 5.74) is 7.56. The summed E-state index contributed by atoms with van der Waals surface area (Å²) in [6.45, 7) is 3.41. The lowest BCUT2D eigenvalue weighted by atomic mass is 9.98. The van der Waals surface area contributed by atoms with E-state index in [2.05, 4.69) is 22.2 Å². The molecule has 88 valence electrons. The number of pyridine rings is 1. The zero-order chi connectivity index (χ0) is 11.4. The van der Waals surface area contributed by atoms with Gasteiger partial charge >= 0.3 is 0 Å². The smallest absolute Gasteiger partial charge is 0.0736 e. The van der Waals surface area contributed by atoms with E-state index in [1.54, 1.807) is 12.4 Å². The Hall–Kier alpha value is -1.29. The lowest BCUT2D eigenvalue weighted by Crippen LogP contribution is -2.35. The summed E-state index contributed by atoms with van der Waals surface area (Å²) in [5.74, 6) is 0.728. The SMILES string of the molecule is CN1CCCC(CNc2ccncc2N)C1. The van der Waals surface area contributed by atoms with Gasteiger partial charge in [-0.05, 0) is 38.4 Å². The van der Waals surface area contributed by atoms with Gasteiger partial charge in [0.1, 0.15) is 0 Å². The first-order chi connectivity index (χ1) is 7.75. The van der Waals surface area contributed by atoms with Crippen molar-refractivity contribution in [2.24, 2.45) is 5.92 Å². The molecule has 0 saturated carbocycles. The Labute approximate surface area is 96.8 Å². The van der Waals surface area contributed by atoms with E-state index in [4.69, 9.17) is 5.73 Å². The fourth-order valence-electron chi connectivity index (χ4n) is 2.26. The number of hydrogen-bond acceptors (Lipinski definition) is 4. The molecule has 1 atom stereocenters. The molecule has 1 aromatic heterocycles. The molecule has 1 fully saturated rings. The predicted octanol–water partition coefficient (Wildman–Crippen LogP) is 1.42. The van der Waals surface area contributed by atoms with Crippen LogP contribution in [0, 0.1) is 5.92 Å². The van der Waals surface area contributed by atoms with Crippen molar-refractivity contribution in [3.05, 3.63) is 18.5 Å². The molecule has 1 aromatic rings. The van der Waals surface area contributed by atoms with Crippen molar-refractivity contribution in [3.63, 3.8) is 0 Å². The molecule has 0 radical (unpaired) electrons. The van der Waals surface area contributed by atoms with Crippen LogP contribution in [0.25, 0.3) is 0 Å². The van der Waals surface area contributed by atoms with Crippen LogP contribution in [0.2, 0.25) is 0 Å². The largest absolute Gasteiger partial charge is 0.396 e. The fourth-order valence-corrected chi connectivity index (χ4v) is 2.26. The zero-order valence-electron chi connectivity index (χ0n) is 9.82. The number of aromatic nitrogens is 1. The van der Waals surface area contributed by atoms with Crippen molar-refractivity contribution in [1.82, 2.24) is 9.88 Å². The Morgan fingerprint density at radius 2 is 2.50 bits per heavy atom. The molecule has 2 rings (SSSR count). The molecule has 1 unspecified atom stereocenters. The second-order valence-corrected chi connectivity index (χ2v) is 4.61. The number of nitrogens with zero attached hydrogens (tertiary/aromatic N) is 2. The average Bonchev–Trinajstić information content (AvgIpc) is 2.28. The molecule has 2 heterocycles. The maximum atomic E-state index is 5.83. The van der Waals surface area contributed by atoms with Crippen molar-refractivity contribution in [1.29, 1.82) is 0 Å².